The van der Waals surface area contributed by atoms with E-state index in [1.807, 2.05) is 22.8 Å². The fourth-order valence-electron chi connectivity index (χ4n) is 4.78. The Bertz CT molecular complexity index is 1450. The first-order chi connectivity index (χ1) is 17.4. The molecular formula is C26H24F2N4O4. The van der Waals surface area contributed by atoms with Crippen LogP contribution >= 0.6 is 0 Å². The summed E-state index contributed by atoms with van der Waals surface area (Å²) in [4.78, 5) is 17.5. The van der Waals surface area contributed by atoms with Gasteiger partial charge in [-0.25, -0.2) is 13.8 Å². The molecule has 0 N–H and O–H groups in total. The lowest BCUT2D eigenvalue weighted by molar-refractivity contribution is -0.149. The van der Waals surface area contributed by atoms with Gasteiger partial charge >= 0.3 is 5.97 Å². The fourth-order valence-corrected chi connectivity index (χ4v) is 4.78. The number of nitrogens with zero attached hydrogens (tertiary/aromatic N) is 4. The number of oxazole rings is 1. The predicted molar refractivity (Wildman–Crippen MR) is 125 cm³/mol. The number of carbonyl (C=O) groups is 1. The van der Waals surface area contributed by atoms with Gasteiger partial charge in [0.05, 0.1) is 25.5 Å². The van der Waals surface area contributed by atoms with Crippen molar-refractivity contribution in [1.82, 2.24) is 19.7 Å². The molecule has 5 rings (SSSR count). The summed E-state index contributed by atoms with van der Waals surface area (Å²) in [5.41, 5.74) is 0.280. The van der Waals surface area contributed by atoms with Gasteiger partial charge in [0.2, 0.25) is 0 Å². The molecule has 1 unspecified atom stereocenters. The summed E-state index contributed by atoms with van der Waals surface area (Å²) in [6, 6.07) is 8.95. The molecule has 36 heavy (non-hydrogen) atoms. The Morgan fingerprint density at radius 3 is 2.69 bits per heavy atom. The SMILES string of the molecule is CCOC(=O)C1(c2ccc(F)c(F)c2)CCCn2c(-c3ccc(-c4cnc(C)o4)c(OC)c3)nnc21. The number of aryl methyl sites for hydroxylation is 1. The standard InChI is InChI=1S/C26H24F2N4O4/c1-4-35-25(33)26(17-7-9-19(27)20(28)13-17)10-5-11-32-23(30-31-24(26)32)16-6-8-18(21(12-16)34-3)22-14-29-15(2)36-22/h6-9,12-14H,4-5,10-11H2,1-3H3. The van der Waals surface area contributed by atoms with Crippen molar-refractivity contribution >= 4 is 5.97 Å². The highest BCUT2D eigenvalue weighted by Crippen LogP contribution is 2.43. The highest BCUT2D eigenvalue weighted by molar-refractivity contribution is 5.87. The normalized spacial score (nSPS) is 17.0. The van der Waals surface area contributed by atoms with Crippen LogP contribution in [0.15, 0.2) is 47.0 Å². The number of carbonyl (C=O) groups excluding carboxylic acids is 1. The topological polar surface area (TPSA) is 92.3 Å². The van der Waals surface area contributed by atoms with Gasteiger partial charge in [0.15, 0.2) is 40.3 Å². The second-order valence-electron chi connectivity index (χ2n) is 8.52. The van der Waals surface area contributed by atoms with E-state index in [9.17, 15) is 13.6 Å². The minimum Gasteiger partial charge on any atom is -0.496 e. The maximum atomic E-state index is 14.3. The van der Waals surface area contributed by atoms with Crippen molar-refractivity contribution in [3.8, 4) is 28.5 Å². The van der Waals surface area contributed by atoms with E-state index in [1.54, 1.807) is 27.2 Å². The Morgan fingerprint density at radius 2 is 2.00 bits per heavy atom. The summed E-state index contributed by atoms with van der Waals surface area (Å²) in [5.74, 6) is -0.129. The van der Waals surface area contributed by atoms with Gasteiger partial charge in [-0.2, -0.15) is 0 Å². The molecule has 2 aromatic carbocycles. The highest BCUT2D eigenvalue weighted by atomic mass is 19.2. The van der Waals surface area contributed by atoms with Crippen LogP contribution in [0.25, 0.3) is 22.7 Å². The van der Waals surface area contributed by atoms with E-state index >= 15 is 0 Å². The van der Waals surface area contributed by atoms with E-state index in [1.165, 1.54) is 6.07 Å². The van der Waals surface area contributed by atoms with Crippen molar-refractivity contribution in [3.05, 3.63) is 71.5 Å². The third-order valence-corrected chi connectivity index (χ3v) is 6.45. The van der Waals surface area contributed by atoms with Gasteiger partial charge in [0.1, 0.15) is 5.75 Å². The van der Waals surface area contributed by atoms with Crippen molar-refractivity contribution in [3.63, 3.8) is 0 Å². The van der Waals surface area contributed by atoms with Crippen LogP contribution in [0.1, 0.15) is 37.0 Å². The number of benzene rings is 2. The van der Waals surface area contributed by atoms with Crippen molar-refractivity contribution in [2.45, 2.75) is 38.6 Å². The summed E-state index contributed by atoms with van der Waals surface area (Å²) < 4.78 is 46.5. The van der Waals surface area contributed by atoms with E-state index in [-0.39, 0.29) is 12.2 Å². The number of hydrogen-bond donors (Lipinski definition) is 0. The summed E-state index contributed by atoms with van der Waals surface area (Å²) >= 11 is 0. The van der Waals surface area contributed by atoms with Crippen LogP contribution in [-0.2, 0) is 21.5 Å². The van der Waals surface area contributed by atoms with E-state index in [0.29, 0.717) is 54.0 Å². The molecule has 1 aliphatic rings. The average Bonchev–Trinajstić information content (AvgIpc) is 3.52. The first-order valence-corrected chi connectivity index (χ1v) is 11.6. The number of hydrogen-bond acceptors (Lipinski definition) is 7. The van der Waals surface area contributed by atoms with Crippen LogP contribution < -0.4 is 4.74 Å². The van der Waals surface area contributed by atoms with Gasteiger partial charge in [-0.3, -0.25) is 4.79 Å². The van der Waals surface area contributed by atoms with Crippen molar-refractivity contribution in [2.75, 3.05) is 13.7 Å². The molecule has 186 valence electrons. The molecule has 3 heterocycles. The Balaban J connectivity index is 1.64. The lowest BCUT2D eigenvalue weighted by Gasteiger charge is -2.35. The van der Waals surface area contributed by atoms with Crippen LogP contribution in [0.5, 0.6) is 5.75 Å². The molecule has 0 radical (unpaired) electrons. The van der Waals surface area contributed by atoms with Gasteiger partial charge in [0, 0.05) is 19.0 Å². The molecule has 8 nitrogen and oxygen atoms in total. The van der Waals surface area contributed by atoms with Crippen LogP contribution in [0.2, 0.25) is 0 Å². The quantitative estimate of drug-likeness (QED) is 0.354. The van der Waals surface area contributed by atoms with Gasteiger partial charge in [-0.05, 0) is 49.6 Å². The Kier molecular flexibility index (Phi) is 6.03. The number of halogens is 2. The smallest absolute Gasteiger partial charge is 0.324 e. The monoisotopic (exact) mass is 494 g/mol. The van der Waals surface area contributed by atoms with Gasteiger partial charge in [-0.1, -0.05) is 12.1 Å². The number of rotatable bonds is 6. The lowest BCUT2D eigenvalue weighted by Crippen LogP contribution is -2.44. The number of ether oxygens (including phenoxy) is 2. The minimum absolute atomic E-state index is 0.130. The molecule has 0 fully saturated rings. The predicted octanol–water partition coefficient (Wildman–Crippen LogP) is 4.84. The molecule has 0 spiro atoms. The number of aromatic nitrogens is 4. The molecule has 0 aliphatic carbocycles. The third kappa shape index (κ3) is 3.73. The van der Waals surface area contributed by atoms with Crippen molar-refractivity contribution in [1.29, 1.82) is 0 Å². The summed E-state index contributed by atoms with van der Waals surface area (Å²) in [7, 11) is 1.56. The van der Waals surface area contributed by atoms with Gasteiger partial charge in [-0.15, -0.1) is 10.2 Å². The maximum absolute atomic E-state index is 14.3. The summed E-state index contributed by atoms with van der Waals surface area (Å²) in [5, 5.41) is 8.78. The largest absolute Gasteiger partial charge is 0.496 e. The highest BCUT2D eigenvalue weighted by Gasteiger charge is 2.50. The van der Waals surface area contributed by atoms with E-state index in [2.05, 4.69) is 15.2 Å². The molecule has 2 aromatic heterocycles. The van der Waals surface area contributed by atoms with Crippen LogP contribution in [0.4, 0.5) is 8.78 Å². The summed E-state index contributed by atoms with van der Waals surface area (Å²) in [6.45, 7) is 4.12. The molecule has 10 heteroatoms. The maximum Gasteiger partial charge on any atom is 0.324 e. The first-order valence-electron chi connectivity index (χ1n) is 11.6. The third-order valence-electron chi connectivity index (χ3n) is 6.45. The average molecular weight is 494 g/mol. The molecule has 1 aliphatic heterocycles. The zero-order chi connectivity index (χ0) is 25.4. The molecule has 0 saturated carbocycles. The van der Waals surface area contributed by atoms with E-state index in [4.69, 9.17) is 13.9 Å². The Morgan fingerprint density at radius 1 is 1.17 bits per heavy atom. The van der Waals surface area contributed by atoms with Crippen molar-refractivity contribution in [2.24, 2.45) is 0 Å². The molecule has 4 aromatic rings. The van der Waals surface area contributed by atoms with Crippen LogP contribution in [-0.4, -0.2) is 39.4 Å². The van der Waals surface area contributed by atoms with Gasteiger partial charge < -0.3 is 18.5 Å². The zero-order valence-corrected chi connectivity index (χ0v) is 20.0. The van der Waals surface area contributed by atoms with E-state index < -0.39 is 23.0 Å². The summed E-state index contributed by atoms with van der Waals surface area (Å²) in [6.07, 6.45) is 2.52. The second-order valence-corrected chi connectivity index (χ2v) is 8.52. The molecule has 0 amide bonds. The number of fused-ring (bicyclic) bond motifs is 1. The zero-order valence-electron chi connectivity index (χ0n) is 20.0. The van der Waals surface area contributed by atoms with Crippen LogP contribution in [0.3, 0.4) is 0 Å². The van der Waals surface area contributed by atoms with Crippen molar-refractivity contribution < 1.29 is 27.5 Å². The molecule has 0 bridgehead atoms. The van der Waals surface area contributed by atoms with Gasteiger partial charge in [0.25, 0.3) is 0 Å². The fraction of sp³-hybridized carbons (Fsp3) is 0.308. The number of esters is 1. The van der Waals surface area contributed by atoms with Crippen LogP contribution in [0, 0.1) is 18.6 Å². The Hall–Kier alpha value is -4.08. The van der Waals surface area contributed by atoms with E-state index in [0.717, 1.165) is 17.7 Å². The second kappa shape index (κ2) is 9.18. The Labute approximate surface area is 205 Å². The number of methoxy groups -OCH3 is 1. The first kappa shape index (κ1) is 23.7. The lowest BCUT2D eigenvalue weighted by atomic mass is 9.74. The molecule has 0 saturated heterocycles. The minimum atomic E-state index is -1.42. The molecule has 1 atom stereocenters. The molecular weight excluding hydrogens is 470 g/mol.